The number of benzene rings is 2. The van der Waals surface area contributed by atoms with E-state index in [2.05, 4.69) is 9.97 Å². The van der Waals surface area contributed by atoms with Crippen LogP contribution in [-0.2, 0) is 13.1 Å². The second-order valence-electron chi connectivity index (χ2n) is 6.44. The van der Waals surface area contributed by atoms with Crippen LogP contribution in [0.1, 0.15) is 11.1 Å². The van der Waals surface area contributed by atoms with Crippen molar-refractivity contribution in [2.75, 3.05) is 7.11 Å². The minimum absolute atomic E-state index is 0.0318. The molecule has 0 spiro atoms. The lowest BCUT2D eigenvalue weighted by atomic mass is 10.2. The second kappa shape index (κ2) is 7.67. The fourth-order valence-electron chi connectivity index (χ4n) is 3.17. The minimum atomic E-state index is -0.539. The van der Waals surface area contributed by atoms with Gasteiger partial charge in [-0.1, -0.05) is 36.4 Å². The number of fused-ring (bicyclic) bond motifs is 1. The molecule has 29 heavy (non-hydrogen) atoms. The molecule has 0 aliphatic rings. The SMILES string of the molecule is COc1ccc(Cn2c(=O)n(Cc3ccccc3)c(=O)c3nccnc32)cc1F. The summed E-state index contributed by atoms with van der Waals surface area (Å²) in [5.74, 6) is -0.425. The van der Waals surface area contributed by atoms with E-state index in [4.69, 9.17) is 4.74 Å². The molecule has 0 radical (unpaired) electrons. The van der Waals surface area contributed by atoms with Crippen LogP contribution in [0.5, 0.6) is 5.75 Å². The standard InChI is InChI=1S/C21H17FN4O3/c1-29-17-8-7-15(11-16(17)22)13-25-19-18(23-9-10-24-19)20(27)26(21(25)28)12-14-5-3-2-4-6-14/h2-11H,12-13H2,1H3. The number of nitrogens with zero attached hydrogens (tertiary/aromatic N) is 4. The van der Waals surface area contributed by atoms with Crippen molar-refractivity contribution in [3.63, 3.8) is 0 Å². The average molecular weight is 392 g/mol. The molecule has 0 fully saturated rings. The highest BCUT2D eigenvalue weighted by atomic mass is 19.1. The Balaban J connectivity index is 1.88. The maximum atomic E-state index is 14.1. The van der Waals surface area contributed by atoms with Gasteiger partial charge in [0.15, 0.2) is 22.7 Å². The summed E-state index contributed by atoms with van der Waals surface area (Å²) in [5.41, 5.74) is 0.515. The van der Waals surface area contributed by atoms with Crippen molar-refractivity contribution in [2.45, 2.75) is 13.1 Å². The number of hydrogen-bond donors (Lipinski definition) is 0. The summed E-state index contributed by atoms with van der Waals surface area (Å²) in [4.78, 5) is 34.3. The minimum Gasteiger partial charge on any atom is -0.494 e. The molecule has 0 bridgehead atoms. The first-order valence-electron chi connectivity index (χ1n) is 8.89. The molecule has 0 N–H and O–H groups in total. The van der Waals surface area contributed by atoms with Crippen molar-refractivity contribution in [3.05, 3.63) is 98.7 Å². The van der Waals surface area contributed by atoms with Crippen molar-refractivity contribution in [1.82, 2.24) is 19.1 Å². The third kappa shape index (κ3) is 3.52. The van der Waals surface area contributed by atoms with E-state index in [-0.39, 0.29) is 30.0 Å². The highest BCUT2D eigenvalue weighted by molar-refractivity contribution is 5.68. The van der Waals surface area contributed by atoms with E-state index < -0.39 is 17.1 Å². The number of methoxy groups -OCH3 is 1. The fourth-order valence-corrected chi connectivity index (χ4v) is 3.17. The van der Waals surface area contributed by atoms with Crippen molar-refractivity contribution < 1.29 is 9.13 Å². The molecule has 0 aliphatic carbocycles. The predicted molar refractivity (Wildman–Crippen MR) is 106 cm³/mol. The van der Waals surface area contributed by atoms with Gasteiger partial charge in [0.1, 0.15) is 0 Å². The Kier molecular flexibility index (Phi) is 4.90. The third-order valence-electron chi connectivity index (χ3n) is 4.58. The molecule has 0 amide bonds. The maximum absolute atomic E-state index is 14.1. The van der Waals surface area contributed by atoms with Crippen LogP contribution in [0.2, 0.25) is 0 Å². The zero-order valence-electron chi connectivity index (χ0n) is 15.6. The lowest BCUT2D eigenvalue weighted by Crippen LogP contribution is -2.41. The molecule has 2 aromatic heterocycles. The summed E-state index contributed by atoms with van der Waals surface area (Å²) < 4.78 is 21.5. The van der Waals surface area contributed by atoms with Gasteiger partial charge in [0.25, 0.3) is 5.56 Å². The van der Waals surface area contributed by atoms with E-state index in [0.29, 0.717) is 5.56 Å². The highest BCUT2D eigenvalue weighted by Crippen LogP contribution is 2.18. The van der Waals surface area contributed by atoms with Crippen LogP contribution in [0.25, 0.3) is 11.2 Å². The lowest BCUT2D eigenvalue weighted by Gasteiger charge is -2.13. The van der Waals surface area contributed by atoms with Crippen molar-refractivity contribution >= 4 is 11.2 Å². The molecule has 0 aliphatic heterocycles. The van der Waals surface area contributed by atoms with E-state index in [1.807, 2.05) is 30.3 Å². The highest BCUT2D eigenvalue weighted by Gasteiger charge is 2.16. The Morgan fingerprint density at radius 1 is 0.931 bits per heavy atom. The van der Waals surface area contributed by atoms with Crippen molar-refractivity contribution in [1.29, 1.82) is 0 Å². The van der Waals surface area contributed by atoms with Crippen LogP contribution in [0.4, 0.5) is 4.39 Å². The van der Waals surface area contributed by atoms with Gasteiger partial charge in [-0.3, -0.25) is 13.9 Å². The molecule has 0 atom stereocenters. The molecule has 0 saturated heterocycles. The van der Waals surface area contributed by atoms with Crippen LogP contribution >= 0.6 is 0 Å². The smallest absolute Gasteiger partial charge is 0.333 e. The molecule has 4 rings (SSSR count). The van der Waals surface area contributed by atoms with Gasteiger partial charge < -0.3 is 4.74 Å². The van der Waals surface area contributed by atoms with Crippen molar-refractivity contribution in [2.24, 2.45) is 0 Å². The summed E-state index contributed by atoms with van der Waals surface area (Å²) in [6.07, 6.45) is 2.81. The van der Waals surface area contributed by atoms with E-state index in [9.17, 15) is 14.0 Å². The Morgan fingerprint density at radius 2 is 1.66 bits per heavy atom. The first kappa shape index (κ1) is 18.5. The predicted octanol–water partition coefficient (Wildman–Crippen LogP) is 2.20. The van der Waals surface area contributed by atoms with E-state index in [0.717, 1.165) is 10.1 Å². The quantitative estimate of drug-likeness (QED) is 0.520. The Bertz CT molecular complexity index is 1300. The number of halogens is 1. The lowest BCUT2D eigenvalue weighted by molar-refractivity contribution is 0.386. The van der Waals surface area contributed by atoms with Crippen LogP contribution in [0.3, 0.4) is 0 Å². The zero-order chi connectivity index (χ0) is 20.4. The van der Waals surface area contributed by atoms with E-state index >= 15 is 0 Å². The Hall–Kier alpha value is -3.81. The molecular weight excluding hydrogens is 375 g/mol. The Labute approximate surface area is 164 Å². The molecule has 7 nitrogen and oxygen atoms in total. The second-order valence-corrected chi connectivity index (χ2v) is 6.44. The van der Waals surface area contributed by atoms with Gasteiger partial charge in [0.2, 0.25) is 0 Å². The number of rotatable bonds is 5. The summed E-state index contributed by atoms with van der Waals surface area (Å²) in [6.45, 7) is 0.131. The number of aromatic nitrogens is 4. The van der Waals surface area contributed by atoms with Gasteiger partial charge in [-0.05, 0) is 23.3 Å². The van der Waals surface area contributed by atoms with Gasteiger partial charge in [-0.25, -0.2) is 19.2 Å². The monoisotopic (exact) mass is 392 g/mol. The van der Waals surface area contributed by atoms with Gasteiger partial charge in [-0.15, -0.1) is 0 Å². The van der Waals surface area contributed by atoms with E-state index in [1.54, 1.807) is 6.07 Å². The van der Waals surface area contributed by atoms with Crippen LogP contribution in [0, 0.1) is 5.82 Å². The largest absolute Gasteiger partial charge is 0.494 e. The topological polar surface area (TPSA) is 79.0 Å². The summed E-state index contributed by atoms with van der Waals surface area (Å²) in [5, 5.41) is 0. The first-order chi connectivity index (χ1) is 14.1. The molecular formula is C21H17FN4O3. The summed E-state index contributed by atoms with van der Waals surface area (Å²) in [6, 6.07) is 13.6. The molecule has 146 valence electrons. The van der Waals surface area contributed by atoms with E-state index in [1.165, 1.54) is 36.2 Å². The first-order valence-corrected chi connectivity index (χ1v) is 8.89. The van der Waals surface area contributed by atoms with Crippen LogP contribution in [0.15, 0.2) is 70.5 Å². The van der Waals surface area contributed by atoms with Gasteiger partial charge in [0.05, 0.1) is 20.2 Å². The summed E-state index contributed by atoms with van der Waals surface area (Å²) in [7, 11) is 1.38. The number of ether oxygens (including phenoxy) is 1. The van der Waals surface area contributed by atoms with Crippen LogP contribution < -0.4 is 16.0 Å². The fraction of sp³-hybridized carbons (Fsp3) is 0.143. The molecule has 8 heteroatoms. The number of hydrogen-bond acceptors (Lipinski definition) is 5. The van der Waals surface area contributed by atoms with Crippen LogP contribution in [-0.4, -0.2) is 26.2 Å². The Morgan fingerprint density at radius 3 is 2.38 bits per heavy atom. The average Bonchev–Trinajstić information content (AvgIpc) is 2.75. The molecule has 4 aromatic rings. The summed E-state index contributed by atoms with van der Waals surface area (Å²) >= 11 is 0. The normalized spacial score (nSPS) is 11.0. The molecule has 0 unspecified atom stereocenters. The van der Waals surface area contributed by atoms with Gasteiger partial charge in [0, 0.05) is 12.4 Å². The maximum Gasteiger partial charge on any atom is 0.333 e. The zero-order valence-corrected chi connectivity index (χ0v) is 15.6. The van der Waals surface area contributed by atoms with Crippen molar-refractivity contribution in [3.8, 4) is 5.75 Å². The molecule has 2 aromatic carbocycles. The molecule has 2 heterocycles. The van der Waals surface area contributed by atoms with Gasteiger partial charge >= 0.3 is 5.69 Å². The van der Waals surface area contributed by atoms with Gasteiger partial charge in [-0.2, -0.15) is 0 Å². The third-order valence-corrected chi connectivity index (χ3v) is 4.58. The molecule has 0 saturated carbocycles.